The number of nitrogens with zero attached hydrogens (tertiary/aromatic N) is 1. The fourth-order valence-electron chi connectivity index (χ4n) is 2.68. The second kappa shape index (κ2) is 7.20. The van der Waals surface area contributed by atoms with Crippen molar-refractivity contribution in [3.63, 3.8) is 0 Å². The Bertz CT molecular complexity index is 458. The molecule has 0 bridgehead atoms. The van der Waals surface area contributed by atoms with E-state index in [-0.39, 0.29) is 5.91 Å². The van der Waals surface area contributed by atoms with Gasteiger partial charge in [-0.05, 0) is 50.2 Å². The lowest BCUT2D eigenvalue weighted by atomic mass is 10.0. The number of halogens is 1. The number of primary amides is 1. The number of hydrogen-bond acceptors (Lipinski definition) is 3. The number of hydrogen-bond donors (Lipinski definition) is 2. The topological polar surface area (TPSA) is 58.4 Å². The Labute approximate surface area is 128 Å². The number of carbonyl (C=O) groups is 1. The molecule has 1 saturated heterocycles. The number of amides is 1. The molecule has 1 aliphatic rings. The lowest BCUT2D eigenvalue weighted by Gasteiger charge is -2.33. The summed E-state index contributed by atoms with van der Waals surface area (Å²) < 4.78 is 0.962. The Kier molecular flexibility index (Phi) is 5.57. The van der Waals surface area contributed by atoms with Crippen LogP contribution < -0.4 is 11.1 Å². The minimum Gasteiger partial charge on any atom is -0.368 e. The smallest absolute Gasteiger partial charge is 0.239 e. The number of rotatable bonds is 5. The molecular formula is C15H22BrN3O. The first-order valence-corrected chi connectivity index (χ1v) is 7.92. The highest BCUT2D eigenvalue weighted by Crippen LogP contribution is 2.20. The van der Waals surface area contributed by atoms with Crippen LogP contribution in [0.2, 0.25) is 0 Å². The van der Waals surface area contributed by atoms with Crippen LogP contribution in [-0.4, -0.2) is 36.5 Å². The van der Waals surface area contributed by atoms with Crippen LogP contribution in [-0.2, 0) is 4.79 Å². The first kappa shape index (κ1) is 15.5. The van der Waals surface area contributed by atoms with Crippen LogP contribution in [0.4, 0.5) is 0 Å². The van der Waals surface area contributed by atoms with Crippen molar-refractivity contribution in [1.82, 2.24) is 10.2 Å². The lowest BCUT2D eigenvalue weighted by molar-refractivity contribution is -0.120. The van der Waals surface area contributed by atoms with Gasteiger partial charge in [0.25, 0.3) is 0 Å². The molecule has 1 heterocycles. The maximum atomic E-state index is 11.7. The minimum atomic E-state index is -0.411. The summed E-state index contributed by atoms with van der Waals surface area (Å²) in [5, 5.41) is 3.42. The second-order valence-corrected chi connectivity index (χ2v) is 6.18. The first-order chi connectivity index (χ1) is 9.60. The van der Waals surface area contributed by atoms with Gasteiger partial charge in [-0.2, -0.15) is 0 Å². The van der Waals surface area contributed by atoms with E-state index in [2.05, 4.69) is 33.1 Å². The van der Waals surface area contributed by atoms with E-state index in [1.807, 2.05) is 24.3 Å². The molecule has 2 rings (SSSR count). The van der Waals surface area contributed by atoms with Gasteiger partial charge in [-0.3, -0.25) is 10.1 Å². The largest absolute Gasteiger partial charge is 0.368 e. The molecule has 1 atom stereocenters. The number of piperidine rings is 1. The monoisotopic (exact) mass is 339 g/mol. The molecule has 1 amide bonds. The quantitative estimate of drug-likeness (QED) is 0.863. The number of benzene rings is 1. The zero-order chi connectivity index (χ0) is 14.5. The van der Waals surface area contributed by atoms with E-state index in [1.165, 1.54) is 0 Å². The molecule has 0 radical (unpaired) electrons. The summed E-state index contributed by atoms with van der Waals surface area (Å²) in [6.07, 6.45) is 2.12. The third-order valence-electron chi connectivity index (χ3n) is 3.90. The Morgan fingerprint density at radius 1 is 1.50 bits per heavy atom. The highest BCUT2D eigenvalue weighted by atomic mass is 79.9. The highest BCUT2D eigenvalue weighted by molar-refractivity contribution is 9.10. The van der Waals surface area contributed by atoms with Gasteiger partial charge in [0, 0.05) is 10.5 Å². The first-order valence-electron chi connectivity index (χ1n) is 7.13. The molecule has 0 spiro atoms. The van der Waals surface area contributed by atoms with E-state index in [4.69, 9.17) is 5.73 Å². The molecule has 3 N–H and O–H groups in total. The Balaban J connectivity index is 2.02. The summed E-state index contributed by atoms with van der Waals surface area (Å²) in [5.41, 5.74) is 6.48. The van der Waals surface area contributed by atoms with Crippen LogP contribution in [0.15, 0.2) is 28.7 Å². The molecule has 5 heteroatoms. The van der Waals surface area contributed by atoms with Crippen LogP contribution in [0.3, 0.4) is 0 Å². The van der Waals surface area contributed by atoms with Crippen molar-refractivity contribution in [3.05, 3.63) is 34.3 Å². The molecule has 1 unspecified atom stereocenters. The van der Waals surface area contributed by atoms with E-state index >= 15 is 0 Å². The molecule has 1 aliphatic heterocycles. The number of nitrogens with one attached hydrogen (secondary N) is 1. The van der Waals surface area contributed by atoms with Gasteiger partial charge in [0.1, 0.15) is 6.04 Å². The maximum absolute atomic E-state index is 11.7. The van der Waals surface area contributed by atoms with Gasteiger partial charge in [0.15, 0.2) is 0 Å². The van der Waals surface area contributed by atoms with Crippen molar-refractivity contribution < 1.29 is 4.79 Å². The van der Waals surface area contributed by atoms with Crippen molar-refractivity contribution in [3.8, 4) is 0 Å². The van der Waals surface area contributed by atoms with Crippen LogP contribution in [0, 0.1) is 0 Å². The van der Waals surface area contributed by atoms with Crippen LogP contribution in [0.1, 0.15) is 31.4 Å². The van der Waals surface area contributed by atoms with Gasteiger partial charge in [0.05, 0.1) is 0 Å². The lowest BCUT2D eigenvalue weighted by Crippen LogP contribution is -2.46. The van der Waals surface area contributed by atoms with Crippen LogP contribution in [0.5, 0.6) is 0 Å². The fourth-order valence-corrected chi connectivity index (χ4v) is 3.10. The minimum absolute atomic E-state index is 0.318. The number of carbonyl (C=O) groups excluding carboxylic acids is 1. The van der Waals surface area contributed by atoms with E-state index < -0.39 is 6.04 Å². The summed E-state index contributed by atoms with van der Waals surface area (Å²) in [6, 6.07) is 7.70. The Hall–Kier alpha value is -0.910. The molecule has 1 fully saturated rings. The zero-order valence-electron chi connectivity index (χ0n) is 11.8. The third kappa shape index (κ3) is 4.04. The van der Waals surface area contributed by atoms with Crippen molar-refractivity contribution in [1.29, 1.82) is 0 Å². The van der Waals surface area contributed by atoms with Crippen LogP contribution >= 0.6 is 15.9 Å². The van der Waals surface area contributed by atoms with Gasteiger partial charge in [-0.15, -0.1) is 0 Å². The molecule has 0 aliphatic carbocycles. The predicted molar refractivity (Wildman–Crippen MR) is 84.3 cm³/mol. The van der Waals surface area contributed by atoms with E-state index in [0.717, 1.165) is 42.5 Å². The number of nitrogens with two attached hydrogens (primary N) is 1. The van der Waals surface area contributed by atoms with Crippen molar-refractivity contribution in [2.24, 2.45) is 5.73 Å². The van der Waals surface area contributed by atoms with Gasteiger partial charge in [-0.1, -0.05) is 35.0 Å². The molecule has 4 nitrogen and oxygen atoms in total. The van der Waals surface area contributed by atoms with Gasteiger partial charge >= 0.3 is 0 Å². The summed E-state index contributed by atoms with van der Waals surface area (Å²) >= 11 is 3.44. The van der Waals surface area contributed by atoms with Gasteiger partial charge < -0.3 is 10.6 Å². The van der Waals surface area contributed by atoms with Crippen molar-refractivity contribution in [2.75, 3.05) is 19.6 Å². The average molecular weight is 340 g/mol. The predicted octanol–water partition coefficient (Wildman–Crippen LogP) is 2.05. The third-order valence-corrected chi connectivity index (χ3v) is 4.40. The Morgan fingerprint density at radius 2 is 2.20 bits per heavy atom. The molecule has 1 aromatic carbocycles. The summed E-state index contributed by atoms with van der Waals surface area (Å²) in [6.45, 7) is 5.44. The van der Waals surface area contributed by atoms with Gasteiger partial charge in [0.2, 0.25) is 5.91 Å². The summed E-state index contributed by atoms with van der Waals surface area (Å²) in [5.74, 6) is -0.318. The average Bonchev–Trinajstić information content (AvgIpc) is 2.45. The molecule has 110 valence electrons. The molecule has 0 aromatic heterocycles. The fraction of sp³-hybridized carbons (Fsp3) is 0.533. The number of likely N-dealkylation sites (tertiary alicyclic amines) is 1. The zero-order valence-corrected chi connectivity index (χ0v) is 13.4. The Morgan fingerprint density at radius 3 is 2.75 bits per heavy atom. The normalized spacial score (nSPS) is 18.9. The standard InChI is InChI=1S/C15H22BrN3O/c1-2-19-8-6-13(7-9-19)18-14(15(17)20)11-4-3-5-12(16)10-11/h3-5,10,13-14,18H,2,6-9H2,1H3,(H2,17,20). The summed E-state index contributed by atoms with van der Waals surface area (Å²) in [4.78, 5) is 14.2. The highest BCUT2D eigenvalue weighted by Gasteiger charge is 2.24. The molecule has 1 aromatic rings. The van der Waals surface area contributed by atoms with E-state index in [1.54, 1.807) is 0 Å². The van der Waals surface area contributed by atoms with E-state index in [9.17, 15) is 4.79 Å². The molecule has 0 saturated carbocycles. The SMILES string of the molecule is CCN1CCC(NC(C(N)=O)c2cccc(Br)c2)CC1. The van der Waals surface area contributed by atoms with E-state index in [0.29, 0.717) is 6.04 Å². The molecular weight excluding hydrogens is 318 g/mol. The van der Waals surface area contributed by atoms with Crippen molar-refractivity contribution in [2.45, 2.75) is 31.8 Å². The maximum Gasteiger partial charge on any atom is 0.239 e. The molecule has 20 heavy (non-hydrogen) atoms. The van der Waals surface area contributed by atoms with Crippen LogP contribution in [0.25, 0.3) is 0 Å². The summed E-state index contributed by atoms with van der Waals surface area (Å²) in [7, 11) is 0. The second-order valence-electron chi connectivity index (χ2n) is 5.27. The van der Waals surface area contributed by atoms with Gasteiger partial charge in [-0.25, -0.2) is 0 Å². The van der Waals surface area contributed by atoms with Crippen molar-refractivity contribution >= 4 is 21.8 Å².